The number of esters is 1. The summed E-state index contributed by atoms with van der Waals surface area (Å²) < 4.78 is 4.83. The Bertz CT molecular complexity index is 547. The van der Waals surface area contributed by atoms with Gasteiger partial charge in [-0.25, -0.2) is 4.79 Å². The van der Waals surface area contributed by atoms with Gasteiger partial charge in [-0.05, 0) is 24.6 Å². The van der Waals surface area contributed by atoms with Crippen LogP contribution in [0, 0.1) is 0 Å². The third kappa shape index (κ3) is 2.82. The molecule has 92 valence electrons. The number of aromatic amines is 1. The van der Waals surface area contributed by atoms with E-state index >= 15 is 0 Å². The van der Waals surface area contributed by atoms with Gasteiger partial charge in [-0.3, -0.25) is 10.1 Å². The molecule has 0 unspecified atom stereocenters. The first-order chi connectivity index (χ1) is 8.81. The van der Waals surface area contributed by atoms with E-state index in [2.05, 4.69) is 15.2 Å². The minimum Gasteiger partial charge on any atom is -0.463 e. The molecule has 0 atom stereocenters. The van der Waals surface area contributed by atoms with Crippen molar-refractivity contribution in [3.8, 4) is 11.1 Å². The van der Waals surface area contributed by atoms with Crippen molar-refractivity contribution in [3.05, 3.63) is 42.5 Å². The first-order valence-corrected chi connectivity index (χ1v) is 5.59. The maximum atomic E-state index is 11.3. The van der Waals surface area contributed by atoms with Crippen LogP contribution in [0.15, 0.2) is 36.9 Å². The lowest BCUT2D eigenvalue weighted by Gasteiger charge is -2.02. The molecular weight excluding hydrogens is 230 g/mol. The number of carbonyl (C=O) groups is 1. The zero-order valence-corrected chi connectivity index (χ0v) is 9.96. The summed E-state index contributed by atoms with van der Waals surface area (Å²) in [6.07, 6.45) is 9.98. The molecule has 5 heteroatoms. The van der Waals surface area contributed by atoms with Crippen molar-refractivity contribution in [1.29, 1.82) is 0 Å². The lowest BCUT2D eigenvalue weighted by Crippen LogP contribution is -1.98. The monoisotopic (exact) mass is 243 g/mol. The van der Waals surface area contributed by atoms with Crippen LogP contribution in [0.2, 0.25) is 0 Å². The van der Waals surface area contributed by atoms with Crippen LogP contribution in [-0.2, 0) is 9.53 Å². The van der Waals surface area contributed by atoms with E-state index in [4.69, 9.17) is 4.74 Å². The molecule has 0 aliphatic heterocycles. The number of carbonyl (C=O) groups excluding carboxylic acids is 1. The molecule has 5 nitrogen and oxygen atoms in total. The molecule has 2 aromatic rings. The van der Waals surface area contributed by atoms with Gasteiger partial charge in [0.05, 0.1) is 12.8 Å². The van der Waals surface area contributed by atoms with Crippen molar-refractivity contribution in [2.45, 2.75) is 6.92 Å². The van der Waals surface area contributed by atoms with Gasteiger partial charge < -0.3 is 4.74 Å². The average molecular weight is 243 g/mol. The van der Waals surface area contributed by atoms with E-state index < -0.39 is 0 Å². The summed E-state index contributed by atoms with van der Waals surface area (Å²) >= 11 is 0. The van der Waals surface area contributed by atoms with Crippen molar-refractivity contribution in [2.75, 3.05) is 6.61 Å². The van der Waals surface area contributed by atoms with Crippen molar-refractivity contribution < 1.29 is 9.53 Å². The minimum atomic E-state index is -0.362. The molecule has 2 aromatic heterocycles. The van der Waals surface area contributed by atoms with E-state index in [1.807, 2.05) is 6.07 Å². The zero-order chi connectivity index (χ0) is 12.8. The van der Waals surface area contributed by atoms with E-state index in [9.17, 15) is 4.79 Å². The first kappa shape index (κ1) is 12.0. The van der Waals surface area contributed by atoms with E-state index in [-0.39, 0.29) is 5.97 Å². The average Bonchev–Trinajstić information content (AvgIpc) is 2.91. The second-order valence-electron chi connectivity index (χ2n) is 3.54. The Morgan fingerprint density at radius 2 is 2.39 bits per heavy atom. The van der Waals surface area contributed by atoms with Crippen LogP contribution in [0.4, 0.5) is 0 Å². The number of nitrogens with zero attached hydrogens (tertiary/aromatic N) is 2. The molecule has 0 radical (unpaired) electrons. The van der Waals surface area contributed by atoms with Gasteiger partial charge in [0.1, 0.15) is 0 Å². The topological polar surface area (TPSA) is 67.9 Å². The van der Waals surface area contributed by atoms with E-state index in [0.717, 1.165) is 16.7 Å². The van der Waals surface area contributed by atoms with Crippen LogP contribution in [0.1, 0.15) is 12.5 Å². The van der Waals surface area contributed by atoms with E-state index in [0.29, 0.717) is 6.61 Å². The number of hydrogen-bond acceptors (Lipinski definition) is 4. The fraction of sp³-hybridized carbons (Fsp3) is 0.154. The van der Waals surface area contributed by atoms with Crippen molar-refractivity contribution in [1.82, 2.24) is 15.2 Å². The van der Waals surface area contributed by atoms with Gasteiger partial charge in [0.25, 0.3) is 0 Å². The molecule has 0 aliphatic carbocycles. The number of H-pyrrole nitrogens is 1. The summed E-state index contributed by atoms with van der Waals surface area (Å²) in [7, 11) is 0. The van der Waals surface area contributed by atoms with Crippen LogP contribution in [0.25, 0.3) is 17.2 Å². The number of nitrogens with one attached hydrogen (secondary N) is 1. The minimum absolute atomic E-state index is 0.362. The maximum absolute atomic E-state index is 11.3. The summed E-state index contributed by atoms with van der Waals surface area (Å²) in [5, 5.41) is 6.66. The third-order valence-corrected chi connectivity index (χ3v) is 2.35. The Morgan fingerprint density at radius 1 is 1.50 bits per heavy atom. The first-order valence-electron chi connectivity index (χ1n) is 5.59. The Hall–Kier alpha value is -2.43. The SMILES string of the molecule is CCOC(=O)/C=C/c1cnccc1-c1cn[nH]c1. The molecule has 0 aliphatic rings. The predicted molar refractivity (Wildman–Crippen MR) is 67.5 cm³/mol. The lowest BCUT2D eigenvalue weighted by molar-refractivity contribution is -0.137. The van der Waals surface area contributed by atoms with Gasteiger partial charge >= 0.3 is 5.97 Å². The molecule has 0 saturated carbocycles. The molecule has 2 rings (SSSR count). The normalized spacial score (nSPS) is 10.7. The highest BCUT2D eigenvalue weighted by Gasteiger charge is 2.04. The molecule has 0 saturated heterocycles. The standard InChI is InChI=1S/C13H13N3O2/c1-2-18-13(17)4-3-10-7-14-6-5-12(10)11-8-15-16-9-11/h3-9H,2H2,1H3,(H,15,16)/b4-3+. The second-order valence-corrected chi connectivity index (χ2v) is 3.54. The Morgan fingerprint density at radius 3 is 3.11 bits per heavy atom. The summed E-state index contributed by atoms with van der Waals surface area (Å²) in [4.78, 5) is 15.3. The molecule has 0 fully saturated rings. The highest BCUT2D eigenvalue weighted by Crippen LogP contribution is 2.22. The largest absolute Gasteiger partial charge is 0.463 e. The maximum Gasteiger partial charge on any atom is 0.330 e. The summed E-state index contributed by atoms with van der Waals surface area (Å²) in [5.74, 6) is -0.362. The van der Waals surface area contributed by atoms with Crippen LogP contribution in [0.3, 0.4) is 0 Å². The predicted octanol–water partition coefficient (Wildman–Crippen LogP) is 2.05. The van der Waals surface area contributed by atoms with Crippen LogP contribution < -0.4 is 0 Å². The molecule has 0 bridgehead atoms. The van der Waals surface area contributed by atoms with Gasteiger partial charge in [0.15, 0.2) is 0 Å². The molecule has 0 aromatic carbocycles. The number of aromatic nitrogens is 3. The van der Waals surface area contributed by atoms with Gasteiger partial charge in [0.2, 0.25) is 0 Å². The highest BCUT2D eigenvalue weighted by molar-refractivity contribution is 5.88. The third-order valence-electron chi connectivity index (χ3n) is 2.35. The summed E-state index contributed by atoms with van der Waals surface area (Å²) in [5.41, 5.74) is 2.74. The Balaban J connectivity index is 2.26. The van der Waals surface area contributed by atoms with E-state index in [1.54, 1.807) is 37.8 Å². The van der Waals surface area contributed by atoms with Gasteiger partial charge in [0, 0.05) is 35.8 Å². The number of pyridine rings is 1. The number of hydrogen-bond donors (Lipinski definition) is 1. The van der Waals surface area contributed by atoms with Gasteiger partial charge in [-0.2, -0.15) is 5.10 Å². The molecule has 0 amide bonds. The Labute approximate surface area is 105 Å². The van der Waals surface area contributed by atoms with Gasteiger partial charge in [-0.1, -0.05) is 0 Å². The lowest BCUT2D eigenvalue weighted by atomic mass is 10.1. The van der Waals surface area contributed by atoms with Crippen molar-refractivity contribution in [2.24, 2.45) is 0 Å². The van der Waals surface area contributed by atoms with Crippen LogP contribution in [0.5, 0.6) is 0 Å². The number of ether oxygens (including phenoxy) is 1. The second kappa shape index (κ2) is 5.77. The Kier molecular flexibility index (Phi) is 3.86. The number of rotatable bonds is 4. The van der Waals surface area contributed by atoms with Gasteiger partial charge in [-0.15, -0.1) is 0 Å². The highest BCUT2D eigenvalue weighted by atomic mass is 16.5. The quantitative estimate of drug-likeness (QED) is 0.659. The van der Waals surface area contributed by atoms with Crippen LogP contribution >= 0.6 is 0 Å². The molecular formula is C13H13N3O2. The van der Waals surface area contributed by atoms with Crippen LogP contribution in [-0.4, -0.2) is 27.8 Å². The smallest absolute Gasteiger partial charge is 0.330 e. The fourth-order valence-corrected chi connectivity index (χ4v) is 1.55. The molecule has 0 spiro atoms. The summed E-state index contributed by atoms with van der Waals surface area (Å²) in [6, 6.07) is 1.87. The zero-order valence-electron chi connectivity index (χ0n) is 9.96. The van der Waals surface area contributed by atoms with E-state index in [1.165, 1.54) is 6.08 Å². The summed E-state index contributed by atoms with van der Waals surface area (Å²) in [6.45, 7) is 2.14. The fourth-order valence-electron chi connectivity index (χ4n) is 1.55. The van der Waals surface area contributed by atoms with Crippen molar-refractivity contribution >= 4 is 12.0 Å². The molecule has 1 N–H and O–H groups in total. The van der Waals surface area contributed by atoms with Crippen molar-refractivity contribution in [3.63, 3.8) is 0 Å². The molecule has 18 heavy (non-hydrogen) atoms. The molecule has 2 heterocycles.